The summed E-state index contributed by atoms with van der Waals surface area (Å²) < 4.78 is 15.7. The largest absolute Gasteiger partial charge is 0.486 e. The standard InChI is InChI=1S/C17H15NO5S/c19-16(10-23-17(20)4-1-12-5-8-24-11-12)18-13-2-3-14-15(9-13)22-7-6-21-14/h1-5,8-9,11H,6-7,10H2,(H,18,19)/b4-1+. The summed E-state index contributed by atoms with van der Waals surface area (Å²) in [4.78, 5) is 23.4. The van der Waals surface area contributed by atoms with Crippen LogP contribution < -0.4 is 14.8 Å². The van der Waals surface area contributed by atoms with E-state index in [0.29, 0.717) is 30.4 Å². The zero-order chi connectivity index (χ0) is 16.8. The summed E-state index contributed by atoms with van der Waals surface area (Å²) in [6.07, 6.45) is 2.93. The summed E-state index contributed by atoms with van der Waals surface area (Å²) in [6, 6.07) is 6.97. The molecule has 0 spiro atoms. The number of nitrogens with one attached hydrogen (secondary N) is 1. The first-order valence-corrected chi connectivity index (χ1v) is 8.21. The zero-order valence-corrected chi connectivity index (χ0v) is 13.5. The van der Waals surface area contributed by atoms with Crippen molar-refractivity contribution in [3.8, 4) is 11.5 Å². The Kier molecular flexibility index (Phi) is 5.12. The number of amides is 1. The van der Waals surface area contributed by atoms with Crippen molar-refractivity contribution in [2.45, 2.75) is 0 Å². The Balaban J connectivity index is 1.48. The molecule has 2 aromatic rings. The van der Waals surface area contributed by atoms with E-state index in [4.69, 9.17) is 14.2 Å². The fourth-order valence-electron chi connectivity index (χ4n) is 2.04. The van der Waals surface area contributed by atoms with Gasteiger partial charge in [-0.05, 0) is 40.6 Å². The fraction of sp³-hybridized carbons (Fsp3) is 0.176. The number of ether oxygens (including phenoxy) is 3. The molecule has 0 radical (unpaired) electrons. The second-order valence-electron chi connectivity index (χ2n) is 4.90. The van der Waals surface area contributed by atoms with Gasteiger partial charge in [0.25, 0.3) is 5.91 Å². The lowest BCUT2D eigenvalue weighted by Gasteiger charge is -2.18. The van der Waals surface area contributed by atoms with Crippen molar-refractivity contribution in [1.82, 2.24) is 0 Å². The van der Waals surface area contributed by atoms with Crippen LogP contribution >= 0.6 is 11.3 Å². The molecule has 0 fully saturated rings. The van der Waals surface area contributed by atoms with Crippen molar-refractivity contribution >= 4 is 35.0 Å². The molecule has 1 N–H and O–H groups in total. The van der Waals surface area contributed by atoms with Crippen LogP contribution in [0.4, 0.5) is 5.69 Å². The predicted octanol–water partition coefficient (Wildman–Crippen LogP) is 2.71. The molecule has 0 atom stereocenters. The Bertz CT molecular complexity index is 754. The predicted molar refractivity (Wildman–Crippen MR) is 90.4 cm³/mol. The van der Waals surface area contributed by atoms with Gasteiger partial charge < -0.3 is 19.5 Å². The molecule has 6 nitrogen and oxygen atoms in total. The highest BCUT2D eigenvalue weighted by Gasteiger charge is 2.13. The van der Waals surface area contributed by atoms with Crippen LogP contribution in [0.3, 0.4) is 0 Å². The normalized spacial score (nSPS) is 12.8. The van der Waals surface area contributed by atoms with E-state index in [0.717, 1.165) is 5.56 Å². The first-order chi connectivity index (χ1) is 11.7. The summed E-state index contributed by atoms with van der Waals surface area (Å²) in [5.41, 5.74) is 1.46. The SMILES string of the molecule is O=C(COC(=O)/C=C/c1ccsc1)Nc1ccc2c(c1)OCCO2. The highest BCUT2D eigenvalue weighted by Crippen LogP contribution is 2.32. The van der Waals surface area contributed by atoms with Gasteiger partial charge in [-0.25, -0.2) is 4.79 Å². The Morgan fingerprint density at radius 1 is 1.21 bits per heavy atom. The number of carbonyl (C=O) groups excluding carboxylic acids is 2. The maximum absolute atomic E-state index is 11.8. The molecule has 7 heteroatoms. The van der Waals surface area contributed by atoms with E-state index in [9.17, 15) is 9.59 Å². The third-order valence-corrected chi connectivity index (χ3v) is 3.83. The van der Waals surface area contributed by atoms with Gasteiger partial charge >= 0.3 is 5.97 Å². The number of carbonyl (C=O) groups is 2. The molecule has 0 bridgehead atoms. The van der Waals surface area contributed by atoms with Crippen LogP contribution in [0.25, 0.3) is 6.08 Å². The summed E-state index contributed by atoms with van der Waals surface area (Å²) >= 11 is 1.53. The van der Waals surface area contributed by atoms with E-state index in [1.807, 2.05) is 16.8 Å². The molecule has 1 aromatic heterocycles. The van der Waals surface area contributed by atoms with Crippen LogP contribution in [0.15, 0.2) is 41.1 Å². The van der Waals surface area contributed by atoms with E-state index < -0.39 is 11.9 Å². The Morgan fingerprint density at radius 3 is 2.83 bits per heavy atom. The first kappa shape index (κ1) is 16.1. The van der Waals surface area contributed by atoms with Gasteiger partial charge in [-0.3, -0.25) is 4.79 Å². The molecular formula is C17H15NO5S. The van der Waals surface area contributed by atoms with Crippen LogP contribution in [-0.2, 0) is 14.3 Å². The van der Waals surface area contributed by atoms with E-state index >= 15 is 0 Å². The van der Waals surface area contributed by atoms with E-state index in [2.05, 4.69) is 5.32 Å². The smallest absolute Gasteiger partial charge is 0.331 e. The van der Waals surface area contributed by atoms with Crippen molar-refractivity contribution in [3.63, 3.8) is 0 Å². The van der Waals surface area contributed by atoms with E-state index in [1.165, 1.54) is 17.4 Å². The summed E-state index contributed by atoms with van der Waals surface area (Å²) in [6.45, 7) is 0.618. The Hall–Kier alpha value is -2.80. The number of hydrogen-bond acceptors (Lipinski definition) is 6. The van der Waals surface area contributed by atoms with E-state index in [-0.39, 0.29) is 6.61 Å². The van der Waals surface area contributed by atoms with Crippen LogP contribution in [0.1, 0.15) is 5.56 Å². The van der Waals surface area contributed by atoms with E-state index in [1.54, 1.807) is 24.3 Å². The molecule has 1 aliphatic rings. The third kappa shape index (κ3) is 4.36. The summed E-state index contributed by atoms with van der Waals surface area (Å²) in [7, 11) is 0. The maximum Gasteiger partial charge on any atom is 0.331 e. The third-order valence-electron chi connectivity index (χ3n) is 3.13. The summed E-state index contributed by atoms with van der Waals surface area (Å²) in [5.74, 6) is 0.224. The lowest BCUT2D eigenvalue weighted by molar-refractivity contribution is -0.142. The molecule has 1 aromatic carbocycles. The van der Waals surface area contributed by atoms with Gasteiger partial charge in [0.05, 0.1) is 0 Å². The van der Waals surface area contributed by atoms with Gasteiger partial charge in [0.15, 0.2) is 18.1 Å². The van der Waals surface area contributed by atoms with Gasteiger partial charge in [0.1, 0.15) is 13.2 Å². The number of rotatable bonds is 5. The summed E-state index contributed by atoms with van der Waals surface area (Å²) in [5, 5.41) is 6.45. The molecule has 0 saturated carbocycles. The van der Waals surface area contributed by atoms with Crippen molar-refractivity contribution in [1.29, 1.82) is 0 Å². The highest BCUT2D eigenvalue weighted by atomic mass is 32.1. The lowest BCUT2D eigenvalue weighted by Crippen LogP contribution is -2.20. The molecule has 2 heterocycles. The number of esters is 1. The monoisotopic (exact) mass is 345 g/mol. The average molecular weight is 345 g/mol. The molecule has 1 amide bonds. The topological polar surface area (TPSA) is 73.9 Å². The minimum atomic E-state index is -0.571. The lowest BCUT2D eigenvalue weighted by atomic mass is 10.2. The molecule has 124 valence electrons. The minimum Gasteiger partial charge on any atom is -0.486 e. The molecule has 3 rings (SSSR count). The molecule has 0 saturated heterocycles. The number of thiophene rings is 1. The van der Waals surface area contributed by atoms with Crippen LogP contribution in [0, 0.1) is 0 Å². The quantitative estimate of drug-likeness (QED) is 0.666. The molecule has 24 heavy (non-hydrogen) atoms. The van der Waals surface area contributed by atoms with Crippen molar-refractivity contribution < 1.29 is 23.8 Å². The number of benzene rings is 1. The number of anilines is 1. The zero-order valence-electron chi connectivity index (χ0n) is 12.7. The molecule has 0 unspecified atom stereocenters. The molecule has 0 aliphatic carbocycles. The number of fused-ring (bicyclic) bond motifs is 1. The van der Waals surface area contributed by atoms with Crippen LogP contribution in [-0.4, -0.2) is 31.7 Å². The van der Waals surface area contributed by atoms with Crippen LogP contribution in [0.5, 0.6) is 11.5 Å². The fourth-order valence-corrected chi connectivity index (χ4v) is 2.67. The van der Waals surface area contributed by atoms with Crippen LogP contribution in [0.2, 0.25) is 0 Å². The molecular weight excluding hydrogens is 330 g/mol. The van der Waals surface area contributed by atoms with Crippen molar-refractivity contribution in [2.24, 2.45) is 0 Å². The van der Waals surface area contributed by atoms with Gasteiger partial charge in [-0.1, -0.05) is 0 Å². The Morgan fingerprint density at radius 2 is 2.04 bits per heavy atom. The highest BCUT2D eigenvalue weighted by molar-refractivity contribution is 7.08. The van der Waals surface area contributed by atoms with Gasteiger partial charge in [-0.15, -0.1) is 0 Å². The van der Waals surface area contributed by atoms with Crippen molar-refractivity contribution in [3.05, 3.63) is 46.7 Å². The second-order valence-corrected chi connectivity index (χ2v) is 5.68. The van der Waals surface area contributed by atoms with Gasteiger partial charge in [0, 0.05) is 17.8 Å². The first-order valence-electron chi connectivity index (χ1n) is 7.27. The number of hydrogen-bond donors (Lipinski definition) is 1. The minimum absolute atomic E-state index is 0.360. The van der Waals surface area contributed by atoms with Gasteiger partial charge in [-0.2, -0.15) is 11.3 Å². The second kappa shape index (κ2) is 7.65. The maximum atomic E-state index is 11.8. The average Bonchev–Trinajstić information content (AvgIpc) is 3.11. The van der Waals surface area contributed by atoms with Gasteiger partial charge in [0.2, 0.25) is 0 Å². The van der Waals surface area contributed by atoms with Crippen molar-refractivity contribution in [2.75, 3.05) is 25.1 Å². The molecule has 1 aliphatic heterocycles. The Labute approximate surface area is 142 Å².